The van der Waals surface area contributed by atoms with Crippen molar-refractivity contribution in [3.05, 3.63) is 71.3 Å². The maximum atomic E-state index is 12.3. The molecule has 1 unspecified atom stereocenters. The minimum atomic E-state index is -0.265. The number of carbonyl (C=O) groups excluding carboxylic acids is 3. The first-order chi connectivity index (χ1) is 14.1. The van der Waals surface area contributed by atoms with Crippen molar-refractivity contribution in [2.45, 2.75) is 31.8 Å². The Balaban J connectivity index is 1.19. The summed E-state index contributed by atoms with van der Waals surface area (Å²) in [5, 5.41) is 3.09. The number of amides is 3. The van der Waals surface area contributed by atoms with Crippen LogP contribution in [0.1, 0.15) is 45.5 Å². The fraction of sp³-hybridized carbons (Fsp3) is 0.348. The Morgan fingerprint density at radius 1 is 0.966 bits per heavy atom. The molecule has 1 saturated heterocycles. The third-order valence-corrected chi connectivity index (χ3v) is 5.55. The van der Waals surface area contributed by atoms with Crippen LogP contribution >= 0.6 is 0 Å². The van der Waals surface area contributed by atoms with Gasteiger partial charge in [-0.15, -0.1) is 0 Å². The number of nitrogens with zero attached hydrogens (tertiary/aromatic N) is 2. The zero-order valence-corrected chi connectivity index (χ0v) is 16.3. The van der Waals surface area contributed by atoms with Gasteiger partial charge in [0.05, 0.1) is 11.1 Å². The Bertz CT molecular complexity index is 878. The number of benzene rings is 2. The van der Waals surface area contributed by atoms with Gasteiger partial charge in [0.15, 0.2) is 0 Å². The Morgan fingerprint density at radius 3 is 2.31 bits per heavy atom. The van der Waals surface area contributed by atoms with Gasteiger partial charge in [-0.3, -0.25) is 24.2 Å². The van der Waals surface area contributed by atoms with E-state index in [2.05, 4.69) is 22.3 Å². The van der Waals surface area contributed by atoms with Crippen LogP contribution in [0.25, 0.3) is 0 Å². The Hall–Kier alpha value is -2.99. The lowest BCUT2D eigenvalue weighted by Crippen LogP contribution is -2.37. The first-order valence-electron chi connectivity index (χ1n) is 10.1. The van der Waals surface area contributed by atoms with Crippen molar-refractivity contribution >= 4 is 17.7 Å². The highest BCUT2D eigenvalue weighted by Crippen LogP contribution is 2.22. The third-order valence-electron chi connectivity index (χ3n) is 5.55. The molecule has 2 aliphatic heterocycles. The van der Waals surface area contributed by atoms with Crippen LogP contribution in [0.15, 0.2) is 54.6 Å². The monoisotopic (exact) mass is 391 g/mol. The van der Waals surface area contributed by atoms with Gasteiger partial charge in [0.1, 0.15) is 0 Å². The number of hydrogen-bond acceptors (Lipinski definition) is 4. The van der Waals surface area contributed by atoms with Crippen LogP contribution in [0.2, 0.25) is 0 Å². The molecular weight excluding hydrogens is 366 g/mol. The third kappa shape index (κ3) is 4.38. The topological polar surface area (TPSA) is 69.7 Å². The molecule has 0 bridgehead atoms. The second-order valence-electron chi connectivity index (χ2n) is 7.68. The van der Waals surface area contributed by atoms with Crippen LogP contribution in [0.4, 0.5) is 0 Å². The molecule has 3 amide bonds. The van der Waals surface area contributed by atoms with Crippen LogP contribution in [-0.2, 0) is 11.3 Å². The maximum Gasteiger partial charge on any atom is 0.261 e. The molecule has 0 spiro atoms. The Labute approximate surface area is 170 Å². The fourth-order valence-corrected chi connectivity index (χ4v) is 4.08. The maximum absolute atomic E-state index is 12.3. The van der Waals surface area contributed by atoms with Crippen LogP contribution in [0.5, 0.6) is 0 Å². The molecule has 0 saturated carbocycles. The van der Waals surface area contributed by atoms with E-state index in [1.54, 1.807) is 24.3 Å². The standard InChI is InChI=1S/C23H25N3O3/c27-21(24-18-12-14-25(16-18)15-17-7-2-1-3-8-17)11-6-13-26-22(28)19-9-4-5-10-20(19)23(26)29/h1-5,7-10,18H,6,11-16H2,(H,24,27). The molecule has 6 heteroatoms. The molecule has 29 heavy (non-hydrogen) atoms. The highest BCUT2D eigenvalue weighted by molar-refractivity contribution is 6.21. The van der Waals surface area contributed by atoms with Crippen molar-refractivity contribution in [2.75, 3.05) is 19.6 Å². The van der Waals surface area contributed by atoms with E-state index in [1.165, 1.54) is 10.5 Å². The normalized spacial score (nSPS) is 18.9. The van der Waals surface area contributed by atoms with Crippen molar-refractivity contribution in [1.82, 2.24) is 15.1 Å². The Morgan fingerprint density at radius 2 is 1.62 bits per heavy atom. The van der Waals surface area contributed by atoms with Gasteiger partial charge in [0.25, 0.3) is 11.8 Å². The summed E-state index contributed by atoms with van der Waals surface area (Å²) < 4.78 is 0. The van der Waals surface area contributed by atoms with Crippen LogP contribution < -0.4 is 5.32 Å². The highest BCUT2D eigenvalue weighted by atomic mass is 16.2. The zero-order chi connectivity index (χ0) is 20.2. The summed E-state index contributed by atoms with van der Waals surface area (Å²) in [6, 6.07) is 17.3. The lowest BCUT2D eigenvalue weighted by Gasteiger charge is -2.17. The zero-order valence-electron chi connectivity index (χ0n) is 16.3. The molecule has 1 fully saturated rings. The summed E-state index contributed by atoms with van der Waals surface area (Å²) in [4.78, 5) is 40.6. The van der Waals surface area contributed by atoms with Gasteiger partial charge in [-0.2, -0.15) is 0 Å². The smallest absolute Gasteiger partial charge is 0.261 e. The van der Waals surface area contributed by atoms with E-state index in [0.29, 0.717) is 24.0 Å². The SMILES string of the molecule is O=C(CCCN1C(=O)c2ccccc2C1=O)NC1CCN(Cc2ccccc2)C1. The van der Waals surface area contributed by atoms with Gasteiger partial charge in [-0.1, -0.05) is 42.5 Å². The van der Waals surface area contributed by atoms with Crippen molar-refractivity contribution in [3.8, 4) is 0 Å². The highest BCUT2D eigenvalue weighted by Gasteiger charge is 2.34. The van der Waals surface area contributed by atoms with Gasteiger partial charge in [-0.25, -0.2) is 0 Å². The molecular formula is C23H25N3O3. The average molecular weight is 391 g/mol. The van der Waals surface area contributed by atoms with Crippen LogP contribution in [-0.4, -0.2) is 53.2 Å². The molecule has 150 valence electrons. The van der Waals surface area contributed by atoms with Crippen molar-refractivity contribution in [2.24, 2.45) is 0 Å². The van der Waals surface area contributed by atoms with Gasteiger partial charge in [-0.05, 0) is 30.5 Å². The van der Waals surface area contributed by atoms with Crippen LogP contribution in [0.3, 0.4) is 0 Å². The van der Waals surface area contributed by atoms with Crippen molar-refractivity contribution < 1.29 is 14.4 Å². The van der Waals surface area contributed by atoms with E-state index >= 15 is 0 Å². The largest absolute Gasteiger partial charge is 0.352 e. The molecule has 0 radical (unpaired) electrons. The minimum absolute atomic E-state index is 0.0202. The number of imide groups is 1. The second kappa shape index (κ2) is 8.57. The lowest BCUT2D eigenvalue weighted by molar-refractivity contribution is -0.121. The lowest BCUT2D eigenvalue weighted by atomic mass is 10.1. The summed E-state index contributed by atoms with van der Waals surface area (Å²) in [6.45, 7) is 2.98. The molecule has 2 heterocycles. The van der Waals surface area contributed by atoms with Crippen molar-refractivity contribution in [1.29, 1.82) is 0 Å². The number of likely N-dealkylation sites (tertiary alicyclic amines) is 1. The predicted molar refractivity (Wildman–Crippen MR) is 109 cm³/mol. The van der Waals surface area contributed by atoms with E-state index in [1.807, 2.05) is 18.2 Å². The number of fused-ring (bicyclic) bond motifs is 1. The summed E-state index contributed by atoms with van der Waals surface area (Å²) in [5.41, 5.74) is 2.18. The number of nitrogens with one attached hydrogen (secondary N) is 1. The fourth-order valence-electron chi connectivity index (χ4n) is 4.08. The second-order valence-corrected chi connectivity index (χ2v) is 7.68. The molecule has 2 aromatic carbocycles. The summed E-state index contributed by atoms with van der Waals surface area (Å²) >= 11 is 0. The molecule has 2 aromatic rings. The first-order valence-corrected chi connectivity index (χ1v) is 10.1. The van der Waals surface area contributed by atoms with Gasteiger partial charge in [0, 0.05) is 38.6 Å². The summed E-state index contributed by atoms with van der Waals surface area (Å²) in [5.74, 6) is -0.551. The van der Waals surface area contributed by atoms with E-state index < -0.39 is 0 Å². The number of carbonyl (C=O) groups is 3. The van der Waals surface area contributed by atoms with Gasteiger partial charge in [0.2, 0.25) is 5.91 Å². The quantitative estimate of drug-likeness (QED) is 0.736. The number of hydrogen-bond donors (Lipinski definition) is 1. The molecule has 6 nitrogen and oxygen atoms in total. The molecule has 4 rings (SSSR count). The molecule has 0 aliphatic carbocycles. The number of rotatable bonds is 7. The summed E-state index contributed by atoms with van der Waals surface area (Å²) in [7, 11) is 0. The Kier molecular flexibility index (Phi) is 5.71. The van der Waals surface area contributed by atoms with E-state index in [0.717, 1.165) is 26.1 Å². The van der Waals surface area contributed by atoms with E-state index in [4.69, 9.17) is 0 Å². The predicted octanol–water partition coefficient (Wildman–Crippen LogP) is 2.45. The van der Waals surface area contributed by atoms with E-state index in [-0.39, 0.29) is 30.3 Å². The van der Waals surface area contributed by atoms with Gasteiger partial charge >= 0.3 is 0 Å². The summed E-state index contributed by atoms with van der Waals surface area (Å²) in [6.07, 6.45) is 1.72. The average Bonchev–Trinajstić information content (AvgIpc) is 3.26. The minimum Gasteiger partial charge on any atom is -0.352 e. The molecule has 1 atom stereocenters. The first kappa shape index (κ1) is 19.3. The van der Waals surface area contributed by atoms with Crippen molar-refractivity contribution in [3.63, 3.8) is 0 Å². The molecule has 2 aliphatic rings. The molecule has 0 aromatic heterocycles. The molecule has 1 N–H and O–H groups in total. The van der Waals surface area contributed by atoms with Gasteiger partial charge < -0.3 is 5.32 Å². The van der Waals surface area contributed by atoms with E-state index in [9.17, 15) is 14.4 Å². The van der Waals surface area contributed by atoms with Crippen LogP contribution in [0, 0.1) is 0 Å².